The predicted molar refractivity (Wildman–Crippen MR) is 91.0 cm³/mol. The first-order valence-electron chi connectivity index (χ1n) is 7.79. The molecule has 5 heteroatoms. The second-order valence-electron chi connectivity index (χ2n) is 5.25. The second kappa shape index (κ2) is 8.24. The molecule has 0 atom stereocenters. The standard InChI is InChI=1S/C19H22O5/c1-4-24-15-8-10-18(22-2)14(12-15)7-5-13-6-9-17(20)16(11-13)19(21)23-3/h6,8-12,20H,4-5,7H2,1-3H3. The Kier molecular flexibility index (Phi) is 6.07. The lowest BCUT2D eigenvalue weighted by molar-refractivity contribution is 0.0597. The van der Waals surface area contributed by atoms with E-state index >= 15 is 0 Å². The summed E-state index contributed by atoms with van der Waals surface area (Å²) in [5.74, 6) is 0.964. The van der Waals surface area contributed by atoms with Crippen molar-refractivity contribution >= 4 is 5.97 Å². The van der Waals surface area contributed by atoms with E-state index in [0.29, 0.717) is 13.0 Å². The zero-order valence-electron chi connectivity index (χ0n) is 14.2. The van der Waals surface area contributed by atoms with Crippen LogP contribution >= 0.6 is 0 Å². The van der Waals surface area contributed by atoms with Crippen LogP contribution in [0.15, 0.2) is 36.4 Å². The number of rotatable bonds is 7. The van der Waals surface area contributed by atoms with Crippen LogP contribution in [0.3, 0.4) is 0 Å². The third kappa shape index (κ3) is 4.19. The number of hydrogen-bond donors (Lipinski definition) is 1. The van der Waals surface area contributed by atoms with Gasteiger partial charge in [-0.25, -0.2) is 4.79 Å². The summed E-state index contributed by atoms with van der Waals surface area (Å²) >= 11 is 0. The number of phenols is 1. The highest BCUT2D eigenvalue weighted by Gasteiger charge is 2.13. The van der Waals surface area contributed by atoms with Crippen LogP contribution in [0, 0.1) is 0 Å². The van der Waals surface area contributed by atoms with Gasteiger partial charge in [-0.3, -0.25) is 0 Å². The van der Waals surface area contributed by atoms with Gasteiger partial charge >= 0.3 is 5.97 Å². The van der Waals surface area contributed by atoms with Crippen molar-refractivity contribution in [2.45, 2.75) is 19.8 Å². The van der Waals surface area contributed by atoms with E-state index in [9.17, 15) is 9.90 Å². The van der Waals surface area contributed by atoms with Gasteiger partial charge in [0.1, 0.15) is 22.8 Å². The number of aromatic hydroxyl groups is 1. The molecule has 0 aliphatic carbocycles. The maximum absolute atomic E-state index is 11.7. The Hall–Kier alpha value is -2.69. The van der Waals surface area contributed by atoms with Gasteiger partial charge in [0, 0.05) is 0 Å². The van der Waals surface area contributed by atoms with Gasteiger partial charge in [0.15, 0.2) is 0 Å². The molecule has 0 amide bonds. The Balaban J connectivity index is 2.18. The van der Waals surface area contributed by atoms with E-state index in [2.05, 4.69) is 4.74 Å². The Bertz CT molecular complexity index is 709. The summed E-state index contributed by atoms with van der Waals surface area (Å²) in [6.07, 6.45) is 1.41. The van der Waals surface area contributed by atoms with Crippen molar-refractivity contribution in [2.24, 2.45) is 0 Å². The summed E-state index contributed by atoms with van der Waals surface area (Å²) in [6.45, 7) is 2.54. The number of phenolic OH excluding ortho intramolecular Hbond substituents is 1. The monoisotopic (exact) mass is 330 g/mol. The topological polar surface area (TPSA) is 65.0 Å². The molecule has 0 bridgehead atoms. The number of methoxy groups -OCH3 is 2. The van der Waals surface area contributed by atoms with E-state index in [0.717, 1.165) is 29.0 Å². The zero-order chi connectivity index (χ0) is 17.5. The van der Waals surface area contributed by atoms with Crippen LogP contribution in [0.25, 0.3) is 0 Å². The summed E-state index contributed by atoms with van der Waals surface area (Å²) in [6, 6.07) is 10.7. The fourth-order valence-electron chi connectivity index (χ4n) is 2.50. The van der Waals surface area contributed by atoms with Crippen LogP contribution in [-0.2, 0) is 17.6 Å². The molecule has 0 saturated heterocycles. The van der Waals surface area contributed by atoms with Crippen molar-refractivity contribution in [3.05, 3.63) is 53.1 Å². The van der Waals surface area contributed by atoms with Gasteiger partial charge in [0.05, 0.1) is 20.8 Å². The summed E-state index contributed by atoms with van der Waals surface area (Å²) < 4.78 is 15.6. The number of aryl methyl sites for hydroxylation is 2. The quantitative estimate of drug-likeness (QED) is 0.789. The van der Waals surface area contributed by atoms with Crippen LogP contribution in [0.4, 0.5) is 0 Å². The lowest BCUT2D eigenvalue weighted by Crippen LogP contribution is -2.03. The highest BCUT2D eigenvalue weighted by atomic mass is 16.5. The molecule has 5 nitrogen and oxygen atoms in total. The van der Waals surface area contributed by atoms with Gasteiger partial charge in [-0.15, -0.1) is 0 Å². The molecule has 2 rings (SSSR count). The molecule has 0 aromatic heterocycles. The first-order chi connectivity index (χ1) is 11.6. The number of benzene rings is 2. The number of hydrogen-bond acceptors (Lipinski definition) is 5. The Morgan fingerprint density at radius 3 is 2.54 bits per heavy atom. The van der Waals surface area contributed by atoms with Crippen LogP contribution in [0.5, 0.6) is 17.2 Å². The summed E-state index contributed by atoms with van der Waals surface area (Å²) in [4.78, 5) is 11.7. The average Bonchev–Trinajstić information content (AvgIpc) is 2.60. The number of carbonyl (C=O) groups is 1. The van der Waals surface area contributed by atoms with Crippen molar-refractivity contribution in [3.63, 3.8) is 0 Å². The minimum atomic E-state index is -0.551. The molecule has 2 aromatic rings. The molecule has 0 aliphatic heterocycles. The molecule has 1 N–H and O–H groups in total. The van der Waals surface area contributed by atoms with E-state index in [1.54, 1.807) is 19.2 Å². The third-order valence-electron chi connectivity index (χ3n) is 3.71. The third-order valence-corrected chi connectivity index (χ3v) is 3.71. The van der Waals surface area contributed by atoms with Gasteiger partial charge in [-0.1, -0.05) is 6.07 Å². The van der Waals surface area contributed by atoms with Gasteiger partial charge in [0.25, 0.3) is 0 Å². The molecule has 24 heavy (non-hydrogen) atoms. The molecule has 0 radical (unpaired) electrons. The number of carbonyl (C=O) groups excluding carboxylic acids is 1. The maximum Gasteiger partial charge on any atom is 0.341 e. The molecular weight excluding hydrogens is 308 g/mol. The van der Waals surface area contributed by atoms with Gasteiger partial charge in [-0.05, 0) is 61.2 Å². The largest absolute Gasteiger partial charge is 0.507 e. The molecule has 2 aromatic carbocycles. The van der Waals surface area contributed by atoms with Crippen molar-refractivity contribution < 1.29 is 24.1 Å². The first-order valence-corrected chi connectivity index (χ1v) is 7.79. The smallest absolute Gasteiger partial charge is 0.341 e. The van der Waals surface area contributed by atoms with Crippen molar-refractivity contribution in [3.8, 4) is 17.2 Å². The Morgan fingerprint density at radius 2 is 1.88 bits per heavy atom. The molecule has 128 valence electrons. The molecule has 0 unspecified atom stereocenters. The molecule has 0 heterocycles. The summed E-state index contributed by atoms with van der Waals surface area (Å²) in [7, 11) is 2.92. The fourth-order valence-corrected chi connectivity index (χ4v) is 2.50. The molecule has 0 aliphatic rings. The second-order valence-corrected chi connectivity index (χ2v) is 5.25. The number of ether oxygens (including phenoxy) is 3. The lowest BCUT2D eigenvalue weighted by Gasteiger charge is -2.12. The molecule has 0 saturated carbocycles. The summed E-state index contributed by atoms with van der Waals surface area (Å²) in [5, 5.41) is 9.76. The maximum atomic E-state index is 11.7. The van der Waals surface area contributed by atoms with E-state index in [1.165, 1.54) is 13.2 Å². The van der Waals surface area contributed by atoms with Crippen molar-refractivity contribution in [1.82, 2.24) is 0 Å². The van der Waals surface area contributed by atoms with Crippen LogP contribution in [-0.4, -0.2) is 31.9 Å². The Morgan fingerprint density at radius 1 is 1.08 bits per heavy atom. The normalized spacial score (nSPS) is 10.3. The molecule has 0 fully saturated rings. The summed E-state index contributed by atoms with van der Waals surface area (Å²) in [5.41, 5.74) is 2.12. The predicted octanol–water partition coefficient (Wildman–Crippen LogP) is 3.37. The number of esters is 1. The Labute approximate surface area is 141 Å². The highest BCUT2D eigenvalue weighted by molar-refractivity contribution is 5.92. The van der Waals surface area contributed by atoms with E-state index in [4.69, 9.17) is 9.47 Å². The lowest BCUT2D eigenvalue weighted by atomic mass is 10.0. The molecular formula is C19H22O5. The zero-order valence-corrected chi connectivity index (χ0v) is 14.2. The van der Waals surface area contributed by atoms with Gasteiger partial charge in [-0.2, -0.15) is 0 Å². The SMILES string of the molecule is CCOc1ccc(OC)c(CCc2ccc(O)c(C(=O)OC)c2)c1. The fraction of sp³-hybridized carbons (Fsp3) is 0.316. The van der Waals surface area contributed by atoms with Gasteiger partial charge in [0.2, 0.25) is 0 Å². The van der Waals surface area contributed by atoms with Crippen LogP contribution in [0.2, 0.25) is 0 Å². The van der Waals surface area contributed by atoms with E-state index in [1.807, 2.05) is 25.1 Å². The van der Waals surface area contributed by atoms with E-state index < -0.39 is 5.97 Å². The average molecular weight is 330 g/mol. The first kappa shape index (κ1) is 17.7. The molecule has 0 spiro atoms. The van der Waals surface area contributed by atoms with Crippen LogP contribution < -0.4 is 9.47 Å². The highest BCUT2D eigenvalue weighted by Crippen LogP contribution is 2.26. The minimum Gasteiger partial charge on any atom is -0.507 e. The minimum absolute atomic E-state index is 0.0819. The van der Waals surface area contributed by atoms with Crippen molar-refractivity contribution in [2.75, 3.05) is 20.8 Å². The van der Waals surface area contributed by atoms with Crippen molar-refractivity contribution in [1.29, 1.82) is 0 Å². The van der Waals surface area contributed by atoms with E-state index in [-0.39, 0.29) is 11.3 Å². The van der Waals surface area contributed by atoms with Gasteiger partial charge < -0.3 is 19.3 Å². The van der Waals surface area contributed by atoms with Crippen LogP contribution in [0.1, 0.15) is 28.4 Å².